The van der Waals surface area contributed by atoms with Crippen LogP contribution in [0.1, 0.15) is 18.6 Å². The lowest BCUT2D eigenvalue weighted by Crippen LogP contribution is -3.00. The third-order valence-corrected chi connectivity index (χ3v) is 2.85. The molecular weight excluding hydrogens is 462 g/mol. The molecule has 0 unspecified atom stereocenters. The van der Waals surface area contributed by atoms with Gasteiger partial charge in [0, 0.05) is 12.1 Å². The molecule has 0 bridgehead atoms. The second-order valence-electron chi connectivity index (χ2n) is 5.61. The van der Waals surface area contributed by atoms with Crippen LogP contribution in [0.4, 0.5) is 0 Å². The number of benzene rings is 1. The van der Waals surface area contributed by atoms with Crippen molar-refractivity contribution < 1.29 is 52.4 Å². The monoisotopic (exact) mass is 491 g/mol. The molecule has 0 N–H and O–H groups in total. The third-order valence-electron chi connectivity index (χ3n) is 2.85. The molecular formula is C15H29I2N2-. The van der Waals surface area contributed by atoms with E-state index in [1.807, 2.05) is 0 Å². The Hall–Kier alpha value is 0.600. The zero-order valence-electron chi connectivity index (χ0n) is 12.1. The van der Waals surface area contributed by atoms with Crippen LogP contribution < -0.4 is 48.0 Å². The second kappa shape index (κ2) is 11.3. The molecule has 0 radical (unpaired) electrons. The van der Waals surface area contributed by atoms with Crippen molar-refractivity contribution in [3.8, 4) is 0 Å². The van der Waals surface area contributed by atoms with Gasteiger partial charge in [-0.3, -0.25) is 0 Å². The van der Waals surface area contributed by atoms with Crippen molar-refractivity contribution in [2.24, 2.45) is 0 Å². The second-order valence-corrected chi connectivity index (χ2v) is 5.61. The molecule has 1 rings (SSSR count). The van der Waals surface area contributed by atoms with Gasteiger partial charge in [-0.2, -0.15) is 0 Å². The highest BCUT2D eigenvalue weighted by molar-refractivity contribution is 5.21. The van der Waals surface area contributed by atoms with Crippen LogP contribution in [0.15, 0.2) is 24.3 Å². The summed E-state index contributed by atoms with van der Waals surface area (Å²) in [6.07, 6.45) is 0. The minimum absolute atomic E-state index is 0. The summed E-state index contributed by atoms with van der Waals surface area (Å²) in [4.78, 5) is 2.25. The zero-order valence-corrected chi connectivity index (χ0v) is 16.4. The van der Waals surface area contributed by atoms with Gasteiger partial charge in [-0.25, -0.2) is 0 Å². The van der Waals surface area contributed by atoms with E-state index in [1.54, 1.807) is 0 Å². The molecule has 114 valence electrons. The van der Waals surface area contributed by atoms with E-state index >= 15 is 0 Å². The van der Waals surface area contributed by atoms with Crippen molar-refractivity contribution in [2.75, 3.05) is 41.3 Å². The zero-order chi connectivity index (χ0) is 12.2. The largest absolute Gasteiger partial charge is 1.00 e. The van der Waals surface area contributed by atoms with Crippen molar-refractivity contribution in [1.29, 1.82) is 0 Å². The molecule has 0 heterocycles. The maximum absolute atomic E-state index is 2.30. The number of likely N-dealkylation sites (N-methyl/N-ethyl adjacent to an activating group) is 2. The summed E-state index contributed by atoms with van der Waals surface area (Å²) in [5.41, 5.74) is 2.79. The van der Waals surface area contributed by atoms with Gasteiger partial charge in [-0.15, -0.1) is 0 Å². The van der Waals surface area contributed by atoms with E-state index in [2.05, 4.69) is 64.3 Å². The summed E-state index contributed by atoms with van der Waals surface area (Å²) >= 11 is 0. The molecule has 0 fully saturated rings. The molecule has 1 aromatic carbocycles. The van der Waals surface area contributed by atoms with Gasteiger partial charge < -0.3 is 57.3 Å². The molecule has 2 nitrogen and oxygen atoms in total. The molecule has 0 spiro atoms. The summed E-state index contributed by atoms with van der Waals surface area (Å²) in [6.45, 7) is 5.58. The highest BCUT2D eigenvalue weighted by Crippen LogP contribution is 2.10. The Morgan fingerprint density at radius 2 is 1.68 bits per heavy atom. The van der Waals surface area contributed by atoms with Crippen LogP contribution in [0.5, 0.6) is 0 Å². The predicted molar refractivity (Wildman–Crippen MR) is 77.1 cm³/mol. The number of rotatable bonds is 5. The van der Waals surface area contributed by atoms with E-state index in [0.717, 1.165) is 17.6 Å². The molecule has 0 aliphatic rings. The predicted octanol–water partition coefficient (Wildman–Crippen LogP) is -3.22. The number of hydrogen-bond acceptors (Lipinski definition) is 1. The fourth-order valence-electron chi connectivity index (χ4n) is 1.85. The molecule has 4 heteroatoms. The molecule has 0 aliphatic carbocycles. The van der Waals surface area contributed by atoms with Crippen molar-refractivity contribution in [3.63, 3.8) is 0 Å². The first-order chi connectivity index (χ1) is 7.39. The van der Waals surface area contributed by atoms with Gasteiger partial charge in [-0.1, -0.05) is 37.3 Å². The fourth-order valence-corrected chi connectivity index (χ4v) is 1.85. The van der Waals surface area contributed by atoms with E-state index in [0.29, 0.717) is 0 Å². The normalized spacial score (nSPS) is 10.2. The number of quaternary nitrogens is 1. The van der Waals surface area contributed by atoms with Crippen molar-refractivity contribution >= 4 is 0 Å². The van der Waals surface area contributed by atoms with Gasteiger partial charge in [0.1, 0.15) is 6.54 Å². The fraction of sp³-hybridized carbons (Fsp3) is 0.600. The molecule has 0 aliphatic heterocycles. The first kappa shape index (κ1) is 24.6. The quantitative estimate of drug-likeness (QED) is 0.310. The van der Waals surface area contributed by atoms with Gasteiger partial charge in [-0.05, 0) is 21.0 Å². The van der Waals surface area contributed by atoms with E-state index in [4.69, 9.17) is 0 Å². The molecule has 1 aromatic rings. The van der Waals surface area contributed by atoms with Crippen LogP contribution in [-0.2, 0) is 6.54 Å². The highest BCUT2D eigenvalue weighted by atomic mass is 127. The molecule has 0 aromatic heterocycles. The van der Waals surface area contributed by atoms with E-state index in [1.165, 1.54) is 17.7 Å². The van der Waals surface area contributed by atoms with Gasteiger partial charge in [0.2, 0.25) is 0 Å². The summed E-state index contributed by atoms with van der Waals surface area (Å²) in [7, 11) is 8.86. The smallest absolute Gasteiger partial charge is 0.104 e. The highest BCUT2D eigenvalue weighted by Gasteiger charge is 2.15. The van der Waals surface area contributed by atoms with Gasteiger partial charge in [0.05, 0.1) is 20.6 Å². The van der Waals surface area contributed by atoms with Gasteiger partial charge >= 0.3 is 0 Å². The van der Waals surface area contributed by atoms with Crippen molar-refractivity contribution in [2.45, 2.75) is 20.9 Å². The summed E-state index contributed by atoms with van der Waals surface area (Å²) in [6, 6.07) is 8.82. The average Bonchev–Trinajstić information content (AvgIpc) is 2.14. The number of nitrogens with zero attached hydrogens (tertiary/aromatic N) is 2. The maximum Gasteiger partial charge on any atom is 0.104 e. The number of hydrogen-bond donors (Lipinski definition) is 0. The Balaban J connectivity index is -0.000000853. The minimum Gasteiger partial charge on any atom is -1.00 e. The molecule has 0 saturated carbocycles. The van der Waals surface area contributed by atoms with Crippen LogP contribution >= 0.6 is 0 Å². The number of halogens is 2. The summed E-state index contributed by atoms with van der Waals surface area (Å²) in [5.74, 6) is 0. The van der Waals surface area contributed by atoms with Crippen LogP contribution in [0.2, 0.25) is 0 Å². The Labute approximate surface area is 154 Å². The Bertz CT molecular complexity index is 339. The first-order valence-electron chi connectivity index (χ1n) is 5.91. The summed E-state index contributed by atoms with van der Waals surface area (Å²) < 4.78 is 1.04. The van der Waals surface area contributed by atoms with Crippen LogP contribution in [0.25, 0.3) is 0 Å². The average molecular weight is 491 g/mol. The Morgan fingerprint density at radius 1 is 1.11 bits per heavy atom. The van der Waals surface area contributed by atoms with E-state index < -0.39 is 0 Å². The number of aryl methyl sites for hydroxylation is 1. The lowest BCUT2D eigenvalue weighted by molar-refractivity contribution is -0.903. The van der Waals surface area contributed by atoms with E-state index in [9.17, 15) is 0 Å². The van der Waals surface area contributed by atoms with Crippen molar-refractivity contribution in [1.82, 2.24) is 4.90 Å². The molecule has 19 heavy (non-hydrogen) atoms. The summed E-state index contributed by atoms with van der Waals surface area (Å²) in [5, 5.41) is 0. The topological polar surface area (TPSA) is 3.24 Å². The van der Waals surface area contributed by atoms with Gasteiger partial charge in [0.25, 0.3) is 0 Å². The molecule has 0 amide bonds. The third kappa shape index (κ3) is 11.0. The maximum atomic E-state index is 2.30. The van der Waals surface area contributed by atoms with E-state index in [-0.39, 0.29) is 55.4 Å². The van der Waals surface area contributed by atoms with Crippen LogP contribution in [-0.4, -0.2) is 50.7 Å². The van der Waals surface area contributed by atoms with Gasteiger partial charge in [0.15, 0.2) is 0 Å². The Kier molecular flexibility index (Phi) is 14.6. The van der Waals surface area contributed by atoms with Crippen LogP contribution in [0, 0.1) is 6.92 Å². The SMILES string of the molecule is C.Cc1cccc(C[N+](C)(C)CCN(C)C)c1.[I-].[I-]. The minimum atomic E-state index is 0. The van der Waals surface area contributed by atoms with Crippen LogP contribution in [0.3, 0.4) is 0 Å². The lowest BCUT2D eigenvalue weighted by Gasteiger charge is -2.31. The Morgan fingerprint density at radius 3 is 2.16 bits per heavy atom. The lowest BCUT2D eigenvalue weighted by atomic mass is 10.1. The first-order valence-corrected chi connectivity index (χ1v) is 5.91. The molecule has 0 saturated heterocycles. The van der Waals surface area contributed by atoms with Crippen molar-refractivity contribution in [3.05, 3.63) is 35.4 Å². The standard InChI is InChI=1S/C14H25N2.CH4.2HI/c1-13-7-6-8-14(11-13)12-16(4,5)10-9-15(2)3;;;/h6-8,11H,9-10,12H2,1-5H3;1H4;2*1H/q+1;;;/p-2. The molecule has 0 atom stereocenters.